The van der Waals surface area contributed by atoms with Crippen molar-refractivity contribution in [1.29, 1.82) is 0 Å². The summed E-state index contributed by atoms with van der Waals surface area (Å²) in [6.07, 6.45) is 4.46. The van der Waals surface area contributed by atoms with E-state index in [1.165, 1.54) is 18.7 Å². The van der Waals surface area contributed by atoms with Gasteiger partial charge in [0.05, 0.1) is 5.56 Å². The normalized spacial score (nSPS) is 12.9. The molecule has 0 fully saturated rings. The van der Waals surface area contributed by atoms with E-state index in [1.54, 1.807) is 0 Å². The molecular weight excluding hydrogens is 178 g/mol. The number of carbonyl (C=O) groups excluding carboxylic acids is 1. The molecule has 1 atom stereocenters. The lowest BCUT2D eigenvalue weighted by atomic mass is 9.89. The quantitative estimate of drug-likeness (QED) is 0.721. The van der Waals surface area contributed by atoms with Crippen LogP contribution in [0, 0.1) is 11.8 Å². The highest BCUT2D eigenvalue weighted by molar-refractivity contribution is 5.97. The van der Waals surface area contributed by atoms with E-state index in [4.69, 9.17) is 5.73 Å². The van der Waals surface area contributed by atoms with Crippen LogP contribution in [0.1, 0.15) is 24.2 Å². The SMILES string of the molecule is CC(C)C(CN)C(=O)c1cncnc1. The van der Waals surface area contributed by atoms with E-state index in [0.717, 1.165) is 0 Å². The van der Waals surface area contributed by atoms with Gasteiger partial charge in [-0.05, 0) is 5.92 Å². The number of Topliss-reactive ketones (excluding diaryl/α,β-unsaturated/α-hetero) is 1. The Balaban J connectivity index is 2.84. The number of nitrogens with zero attached hydrogens (tertiary/aromatic N) is 2. The zero-order valence-corrected chi connectivity index (χ0v) is 8.47. The molecule has 1 aromatic rings. The van der Waals surface area contributed by atoms with E-state index in [9.17, 15) is 4.79 Å². The Hall–Kier alpha value is -1.29. The summed E-state index contributed by atoms with van der Waals surface area (Å²) in [5, 5.41) is 0. The van der Waals surface area contributed by atoms with Gasteiger partial charge in [0.25, 0.3) is 0 Å². The monoisotopic (exact) mass is 193 g/mol. The molecule has 4 heteroatoms. The predicted molar refractivity (Wildman–Crippen MR) is 53.7 cm³/mol. The summed E-state index contributed by atoms with van der Waals surface area (Å²) < 4.78 is 0. The van der Waals surface area contributed by atoms with Crippen molar-refractivity contribution in [2.75, 3.05) is 6.54 Å². The van der Waals surface area contributed by atoms with Gasteiger partial charge in [-0.1, -0.05) is 13.8 Å². The molecule has 0 aliphatic rings. The minimum Gasteiger partial charge on any atom is -0.330 e. The minimum absolute atomic E-state index is 0.0306. The highest BCUT2D eigenvalue weighted by atomic mass is 16.1. The first-order chi connectivity index (χ1) is 6.66. The molecule has 0 radical (unpaired) electrons. The maximum atomic E-state index is 11.9. The van der Waals surface area contributed by atoms with Crippen molar-refractivity contribution in [2.45, 2.75) is 13.8 Å². The fourth-order valence-electron chi connectivity index (χ4n) is 1.32. The van der Waals surface area contributed by atoms with Gasteiger partial charge in [0.15, 0.2) is 5.78 Å². The summed E-state index contributed by atoms with van der Waals surface area (Å²) in [7, 11) is 0. The summed E-state index contributed by atoms with van der Waals surface area (Å²) in [4.78, 5) is 19.5. The van der Waals surface area contributed by atoms with Crippen molar-refractivity contribution in [3.63, 3.8) is 0 Å². The highest BCUT2D eigenvalue weighted by Gasteiger charge is 2.21. The predicted octanol–water partition coefficient (Wildman–Crippen LogP) is 0.890. The number of hydrogen-bond donors (Lipinski definition) is 1. The number of nitrogens with two attached hydrogens (primary N) is 1. The van der Waals surface area contributed by atoms with E-state index >= 15 is 0 Å². The first kappa shape index (κ1) is 10.8. The summed E-state index contributed by atoms with van der Waals surface area (Å²) in [6, 6.07) is 0. The fourth-order valence-corrected chi connectivity index (χ4v) is 1.32. The average Bonchev–Trinajstić information content (AvgIpc) is 2.19. The molecule has 0 amide bonds. The molecule has 0 saturated carbocycles. The third kappa shape index (κ3) is 2.35. The van der Waals surface area contributed by atoms with Crippen molar-refractivity contribution in [3.05, 3.63) is 24.3 Å². The lowest BCUT2D eigenvalue weighted by Crippen LogP contribution is -2.28. The van der Waals surface area contributed by atoms with Crippen molar-refractivity contribution < 1.29 is 4.79 Å². The van der Waals surface area contributed by atoms with E-state index in [1.807, 2.05) is 13.8 Å². The Morgan fingerprint density at radius 3 is 2.43 bits per heavy atom. The number of rotatable bonds is 4. The van der Waals surface area contributed by atoms with Gasteiger partial charge in [0, 0.05) is 24.9 Å². The van der Waals surface area contributed by atoms with Crippen LogP contribution < -0.4 is 5.73 Å². The largest absolute Gasteiger partial charge is 0.330 e. The van der Waals surface area contributed by atoms with Crippen molar-refractivity contribution >= 4 is 5.78 Å². The summed E-state index contributed by atoms with van der Waals surface area (Å²) in [6.45, 7) is 4.34. The molecule has 0 saturated heterocycles. The van der Waals surface area contributed by atoms with E-state index < -0.39 is 0 Å². The van der Waals surface area contributed by atoms with Crippen LogP contribution in [-0.2, 0) is 0 Å². The molecule has 1 heterocycles. The second-order valence-electron chi connectivity index (χ2n) is 3.58. The molecular formula is C10H15N3O. The van der Waals surface area contributed by atoms with Crippen molar-refractivity contribution in [2.24, 2.45) is 17.6 Å². The van der Waals surface area contributed by atoms with Crippen molar-refractivity contribution in [1.82, 2.24) is 9.97 Å². The Morgan fingerprint density at radius 1 is 1.43 bits per heavy atom. The summed E-state index contributed by atoms with van der Waals surface area (Å²) >= 11 is 0. The molecule has 0 spiro atoms. The summed E-state index contributed by atoms with van der Waals surface area (Å²) in [5.41, 5.74) is 6.09. The second-order valence-corrected chi connectivity index (χ2v) is 3.58. The lowest BCUT2D eigenvalue weighted by Gasteiger charge is -2.16. The van der Waals surface area contributed by atoms with Crippen LogP contribution in [0.5, 0.6) is 0 Å². The summed E-state index contributed by atoms with van der Waals surface area (Å²) in [5.74, 6) is 0.136. The smallest absolute Gasteiger partial charge is 0.170 e. The topological polar surface area (TPSA) is 68.9 Å². The molecule has 2 N–H and O–H groups in total. The molecule has 1 aromatic heterocycles. The number of hydrogen-bond acceptors (Lipinski definition) is 4. The van der Waals surface area contributed by atoms with Gasteiger partial charge in [-0.3, -0.25) is 4.79 Å². The lowest BCUT2D eigenvalue weighted by molar-refractivity contribution is 0.0891. The first-order valence-corrected chi connectivity index (χ1v) is 4.66. The maximum Gasteiger partial charge on any atom is 0.170 e. The highest BCUT2D eigenvalue weighted by Crippen LogP contribution is 2.14. The molecule has 1 rings (SSSR count). The van der Waals surface area contributed by atoms with Crippen LogP contribution in [0.4, 0.5) is 0 Å². The van der Waals surface area contributed by atoms with Gasteiger partial charge >= 0.3 is 0 Å². The fraction of sp³-hybridized carbons (Fsp3) is 0.500. The van der Waals surface area contributed by atoms with Crippen LogP contribution in [0.15, 0.2) is 18.7 Å². The van der Waals surface area contributed by atoms with Gasteiger partial charge < -0.3 is 5.73 Å². The Kier molecular flexibility index (Phi) is 3.71. The first-order valence-electron chi connectivity index (χ1n) is 4.66. The molecule has 1 unspecified atom stereocenters. The van der Waals surface area contributed by atoms with Crippen LogP contribution in [-0.4, -0.2) is 22.3 Å². The minimum atomic E-state index is -0.138. The van der Waals surface area contributed by atoms with Gasteiger partial charge in [-0.15, -0.1) is 0 Å². The van der Waals surface area contributed by atoms with E-state index in [0.29, 0.717) is 12.1 Å². The Bertz CT molecular complexity index is 297. The second kappa shape index (κ2) is 4.81. The van der Waals surface area contributed by atoms with Crippen LogP contribution in [0.2, 0.25) is 0 Å². The number of aromatic nitrogens is 2. The Morgan fingerprint density at radius 2 is 2.00 bits per heavy atom. The third-order valence-corrected chi connectivity index (χ3v) is 2.24. The zero-order chi connectivity index (χ0) is 10.6. The van der Waals surface area contributed by atoms with E-state index in [-0.39, 0.29) is 17.6 Å². The molecule has 76 valence electrons. The number of ketones is 1. The molecule has 0 aliphatic carbocycles. The molecule has 14 heavy (non-hydrogen) atoms. The Labute approximate surface area is 83.6 Å². The number of carbonyl (C=O) groups is 1. The van der Waals surface area contributed by atoms with Gasteiger partial charge in [0.2, 0.25) is 0 Å². The van der Waals surface area contributed by atoms with Crippen LogP contribution in [0.25, 0.3) is 0 Å². The third-order valence-electron chi connectivity index (χ3n) is 2.24. The zero-order valence-electron chi connectivity index (χ0n) is 8.47. The maximum absolute atomic E-state index is 11.9. The average molecular weight is 193 g/mol. The van der Waals surface area contributed by atoms with Crippen LogP contribution >= 0.6 is 0 Å². The molecule has 0 bridgehead atoms. The molecule has 0 aromatic carbocycles. The van der Waals surface area contributed by atoms with Gasteiger partial charge in [0.1, 0.15) is 6.33 Å². The molecule has 0 aliphatic heterocycles. The van der Waals surface area contributed by atoms with E-state index in [2.05, 4.69) is 9.97 Å². The van der Waals surface area contributed by atoms with Crippen molar-refractivity contribution in [3.8, 4) is 0 Å². The van der Waals surface area contributed by atoms with Crippen LogP contribution in [0.3, 0.4) is 0 Å². The standard InChI is InChI=1S/C10H15N3O/c1-7(2)9(3-11)10(14)8-4-12-6-13-5-8/h4-7,9H,3,11H2,1-2H3. The molecule has 4 nitrogen and oxygen atoms in total. The van der Waals surface area contributed by atoms with Gasteiger partial charge in [-0.25, -0.2) is 9.97 Å². The van der Waals surface area contributed by atoms with Gasteiger partial charge in [-0.2, -0.15) is 0 Å².